The number of hydrogen-bond acceptors (Lipinski definition) is 4. The Hall–Kier alpha value is -2.67. The van der Waals surface area contributed by atoms with Gasteiger partial charge in [-0.1, -0.05) is 0 Å². The second kappa shape index (κ2) is 6.21. The lowest BCUT2D eigenvalue weighted by Gasteiger charge is -2.10. The monoisotopic (exact) mass is 328 g/mol. The van der Waals surface area contributed by atoms with Crippen LogP contribution >= 0.6 is 12.2 Å². The van der Waals surface area contributed by atoms with Crippen LogP contribution in [-0.4, -0.2) is 14.9 Å². The Labute approximate surface area is 138 Å². The van der Waals surface area contributed by atoms with Crippen molar-refractivity contribution in [3.05, 3.63) is 58.2 Å². The fourth-order valence-electron chi connectivity index (χ4n) is 2.31. The van der Waals surface area contributed by atoms with Gasteiger partial charge in [0.1, 0.15) is 5.58 Å². The Kier molecular flexibility index (Phi) is 4.12. The predicted molar refractivity (Wildman–Crippen MR) is 93.5 cm³/mol. The van der Waals surface area contributed by atoms with Gasteiger partial charge in [0.15, 0.2) is 5.11 Å². The summed E-state index contributed by atoms with van der Waals surface area (Å²) in [6.07, 6.45) is 1.88. The molecule has 7 heteroatoms. The van der Waals surface area contributed by atoms with E-state index >= 15 is 0 Å². The summed E-state index contributed by atoms with van der Waals surface area (Å²) in [5, 5.41) is 11.8. The van der Waals surface area contributed by atoms with Crippen LogP contribution in [0.3, 0.4) is 0 Å². The highest BCUT2D eigenvalue weighted by Crippen LogP contribution is 2.20. The van der Waals surface area contributed by atoms with Crippen molar-refractivity contribution in [3.8, 4) is 0 Å². The van der Waals surface area contributed by atoms with Crippen molar-refractivity contribution in [1.82, 2.24) is 15.1 Å². The number of hydrogen-bond donors (Lipinski definition) is 2. The molecule has 0 aliphatic heterocycles. The third-order valence-electron chi connectivity index (χ3n) is 3.41. The van der Waals surface area contributed by atoms with Gasteiger partial charge < -0.3 is 15.1 Å². The molecule has 0 bridgehead atoms. The Bertz CT molecular complexity index is 929. The second-order valence-electron chi connectivity index (χ2n) is 5.25. The summed E-state index contributed by atoms with van der Waals surface area (Å²) in [5.41, 5.74) is 2.72. The number of anilines is 1. The molecule has 1 aromatic carbocycles. The van der Waals surface area contributed by atoms with Crippen molar-refractivity contribution in [2.75, 3.05) is 5.32 Å². The number of nitrogens with zero attached hydrogens (tertiary/aromatic N) is 2. The zero-order chi connectivity index (χ0) is 16.4. The number of nitrogens with one attached hydrogen (secondary N) is 2. The zero-order valence-corrected chi connectivity index (χ0v) is 13.6. The fraction of sp³-hybridized carbons (Fsp3) is 0.188. The predicted octanol–water partition coefficient (Wildman–Crippen LogP) is 2.32. The van der Waals surface area contributed by atoms with Crippen molar-refractivity contribution in [2.45, 2.75) is 13.5 Å². The van der Waals surface area contributed by atoms with Gasteiger partial charge in [0, 0.05) is 36.5 Å². The first kappa shape index (κ1) is 15.2. The first-order valence-electron chi connectivity index (χ1n) is 7.09. The lowest BCUT2D eigenvalue weighted by atomic mass is 10.1. The summed E-state index contributed by atoms with van der Waals surface area (Å²) >= 11 is 5.27. The fourth-order valence-corrected chi connectivity index (χ4v) is 2.50. The molecule has 3 rings (SSSR count). The molecule has 118 valence electrons. The van der Waals surface area contributed by atoms with E-state index in [1.54, 1.807) is 10.7 Å². The van der Waals surface area contributed by atoms with Crippen LogP contribution in [0.2, 0.25) is 0 Å². The van der Waals surface area contributed by atoms with E-state index in [1.165, 1.54) is 6.07 Å². The van der Waals surface area contributed by atoms with Crippen molar-refractivity contribution in [3.63, 3.8) is 0 Å². The molecule has 0 spiro atoms. The van der Waals surface area contributed by atoms with E-state index in [4.69, 9.17) is 16.6 Å². The molecule has 23 heavy (non-hydrogen) atoms. The highest BCUT2D eigenvalue weighted by Gasteiger charge is 2.05. The SMILES string of the molecule is Cc1cc(=O)oc2cc(NC(=S)NCc3ccn(C)n3)ccc12. The van der Waals surface area contributed by atoms with E-state index in [-0.39, 0.29) is 5.63 Å². The molecule has 6 nitrogen and oxygen atoms in total. The van der Waals surface area contributed by atoms with Crippen LogP contribution in [0, 0.1) is 6.92 Å². The summed E-state index contributed by atoms with van der Waals surface area (Å²) < 4.78 is 6.96. The number of aromatic nitrogens is 2. The summed E-state index contributed by atoms with van der Waals surface area (Å²) in [6.45, 7) is 2.42. The highest BCUT2D eigenvalue weighted by atomic mass is 32.1. The molecule has 0 saturated carbocycles. The van der Waals surface area contributed by atoms with Gasteiger partial charge in [-0.3, -0.25) is 4.68 Å². The van der Waals surface area contributed by atoms with Crippen LogP contribution in [0.5, 0.6) is 0 Å². The van der Waals surface area contributed by atoms with E-state index in [0.29, 0.717) is 17.2 Å². The number of aryl methyl sites for hydroxylation is 2. The maximum absolute atomic E-state index is 11.5. The Morgan fingerprint density at radius 3 is 2.91 bits per heavy atom. The van der Waals surface area contributed by atoms with E-state index in [2.05, 4.69) is 15.7 Å². The molecular formula is C16H16N4O2S. The molecular weight excluding hydrogens is 312 g/mol. The van der Waals surface area contributed by atoms with Gasteiger partial charge in [-0.2, -0.15) is 5.10 Å². The Morgan fingerprint density at radius 2 is 2.17 bits per heavy atom. The molecule has 3 aromatic rings. The molecule has 0 atom stereocenters. The van der Waals surface area contributed by atoms with Crippen molar-refractivity contribution in [1.29, 1.82) is 0 Å². The first-order valence-corrected chi connectivity index (χ1v) is 7.50. The van der Waals surface area contributed by atoms with Gasteiger partial charge in [-0.25, -0.2) is 4.79 Å². The average Bonchev–Trinajstić information content (AvgIpc) is 2.90. The number of thiocarbonyl (C=S) groups is 1. The quantitative estimate of drug-likeness (QED) is 0.568. The number of rotatable bonds is 3. The third kappa shape index (κ3) is 3.57. The minimum Gasteiger partial charge on any atom is -0.423 e. The van der Waals surface area contributed by atoms with Gasteiger partial charge >= 0.3 is 5.63 Å². The van der Waals surface area contributed by atoms with Crippen molar-refractivity contribution in [2.24, 2.45) is 7.05 Å². The summed E-state index contributed by atoms with van der Waals surface area (Å²) in [6, 6.07) is 8.96. The van der Waals surface area contributed by atoms with Crippen LogP contribution in [-0.2, 0) is 13.6 Å². The molecule has 2 N–H and O–H groups in total. The van der Waals surface area contributed by atoms with Gasteiger partial charge in [-0.15, -0.1) is 0 Å². The molecule has 0 radical (unpaired) electrons. The lowest BCUT2D eigenvalue weighted by molar-refractivity contribution is 0.560. The Morgan fingerprint density at radius 1 is 1.35 bits per heavy atom. The van der Waals surface area contributed by atoms with Gasteiger partial charge in [0.25, 0.3) is 0 Å². The zero-order valence-electron chi connectivity index (χ0n) is 12.8. The van der Waals surface area contributed by atoms with Gasteiger partial charge in [0.05, 0.1) is 12.2 Å². The normalized spacial score (nSPS) is 10.7. The second-order valence-corrected chi connectivity index (χ2v) is 5.66. The maximum Gasteiger partial charge on any atom is 0.336 e. The van der Waals surface area contributed by atoms with Crippen LogP contribution in [0.4, 0.5) is 5.69 Å². The van der Waals surface area contributed by atoms with Gasteiger partial charge in [0.2, 0.25) is 0 Å². The molecule has 0 saturated heterocycles. The standard InChI is InChI=1S/C16H16N4O2S/c1-10-7-15(21)22-14-8-11(3-4-13(10)14)18-16(23)17-9-12-5-6-20(2)19-12/h3-8H,9H2,1-2H3,(H2,17,18,23). The third-order valence-corrected chi connectivity index (χ3v) is 3.65. The molecule has 2 aromatic heterocycles. The molecule has 0 fully saturated rings. The largest absolute Gasteiger partial charge is 0.423 e. The molecule has 2 heterocycles. The van der Waals surface area contributed by atoms with Crippen LogP contribution < -0.4 is 16.3 Å². The van der Waals surface area contributed by atoms with Crippen molar-refractivity contribution >= 4 is 34.0 Å². The van der Waals surface area contributed by atoms with E-state index in [1.807, 2.05) is 38.4 Å². The molecule has 0 aliphatic carbocycles. The van der Waals surface area contributed by atoms with E-state index in [0.717, 1.165) is 22.3 Å². The average molecular weight is 328 g/mol. The number of fused-ring (bicyclic) bond motifs is 1. The summed E-state index contributed by atoms with van der Waals surface area (Å²) in [4.78, 5) is 11.5. The molecule has 0 amide bonds. The minimum atomic E-state index is -0.358. The number of benzene rings is 1. The van der Waals surface area contributed by atoms with Crippen LogP contribution in [0.25, 0.3) is 11.0 Å². The molecule has 0 unspecified atom stereocenters. The van der Waals surface area contributed by atoms with E-state index < -0.39 is 0 Å². The summed E-state index contributed by atoms with van der Waals surface area (Å²) in [7, 11) is 1.87. The van der Waals surface area contributed by atoms with Gasteiger partial charge in [-0.05, 0) is 42.9 Å². The topological polar surface area (TPSA) is 72.1 Å². The minimum absolute atomic E-state index is 0.358. The van der Waals surface area contributed by atoms with Crippen molar-refractivity contribution < 1.29 is 4.42 Å². The smallest absolute Gasteiger partial charge is 0.336 e. The highest BCUT2D eigenvalue weighted by molar-refractivity contribution is 7.80. The first-order chi connectivity index (χ1) is 11.0. The Balaban J connectivity index is 1.70. The molecule has 0 aliphatic rings. The van der Waals surface area contributed by atoms with E-state index in [9.17, 15) is 4.79 Å². The lowest BCUT2D eigenvalue weighted by Crippen LogP contribution is -2.28. The maximum atomic E-state index is 11.5. The van der Waals surface area contributed by atoms with Crippen LogP contribution in [0.1, 0.15) is 11.3 Å². The van der Waals surface area contributed by atoms with Crippen LogP contribution in [0.15, 0.2) is 45.7 Å². The summed E-state index contributed by atoms with van der Waals surface area (Å²) in [5.74, 6) is 0.